The van der Waals surface area contributed by atoms with Gasteiger partial charge in [-0.05, 0) is 24.3 Å². The molecule has 1 aliphatic rings. The highest BCUT2D eigenvalue weighted by Gasteiger charge is 2.37. The molecule has 1 aromatic rings. The Labute approximate surface area is 123 Å². The normalized spacial score (nSPS) is 20.8. The molecule has 21 heavy (non-hydrogen) atoms. The molecule has 0 bridgehead atoms. The van der Waals surface area contributed by atoms with Gasteiger partial charge in [0, 0.05) is 18.1 Å². The van der Waals surface area contributed by atoms with E-state index in [1.165, 1.54) is 18.2 Å². The van der Waals surface area contributed by atoms with Crippen LogP contribution in [0.1, 0.15) is 39.5 Å². The molecule has 1 fully saturated rings. The van der Waals surface area contributed by atoms with E-state index in [0.717, 1.165) is 25.7 Å². The summed E-state index contributed by atoms with van der Waals surface area (Å²) in [7, 11) is 0. The number of phenolic OH excluding ortho intramolecular Hbond substituents is 1. The lowest BCUT2D eigenvalue weighted by Crippen LogP contribution is -2.37. The van der Waals surface area contributed by atoms with Crippen LogP contribution in [0.4, 0.5) is 11.4 Å². The molecule has 6 heteroatoms. The predicted octanol–water partition coefficient (Wildman–Crippen LogP) is 3.46. The summed E-state index contributed by atoms with van der Waals surface area (Å²) in [4.78, 5) is 22.6. The van der Waals surface area contributed by atoms with Gasteiger partial charge < -0.3 is 10.4 Å². The van der Waals surface area contributed by atoms with E-state index >= 15 is 0 Å². The number of nitro groups is 1. The standard InChI is InChI=1S/C15H20N2O4/c1-15(2)8-4-3-5-11(15)14(19)16-12-9-10(17(20)21)6-7-13(12)18/h6-7,9,11,18H,3-5,8H2,1-2H3,(H,16,19). The Morgan fingerprint density at radius 3 is 2.76 bits per heavy atom. The summed E-state index contributed by atoms with van der Waals surface area (Å²) >= 11 is 0. The molecule has 0 aromatic heterocycles. The van der Waals surface area contributed by atoms with Gasteiger partial charge in [0.25, 0.3) is 5.69 Å². The summed E-state index contributed by atoms with van der Waals surface area (Å²) in [6.45, 7) is 4.12. The van der Waals surface area contributed by atoms with Crippen LogP contribution in [-0.4, -0.2) is 15.9 Å². The van der Waals surface area contributed by atoms with Crippen molar-refractivity contribution in [2.24, 2.45) is 11.3 Å². The number of nitro benzene ring substituents is 1. The van der Waals surface area contributed by atoms with Crippen LogP contribution in [0, 0.1) is 21.4 Å². The van der Waals surface area contributed by atoms with Crippen LogP contribution >= 0.6 is 0 Å². The number of anilines is 1. The van der Waals surface area contributed by atoms with Crippen molar-refractivity contribution in [3.05, 3.63) is 28.3 Å². The number of benzene rings is 1. The Morgan fingerprint density at radius 2 is 2.14 bits per heavy atom. The van der Waals surface area contributed by atoms with E-state index in [0.29, 0.717) is 0 Å². The van der Waals surface area contributed by atoms with Crippen LogP contribution in [0.25, 0.3) is 0 Å². The quantitative estimate of drug-likeness (QED) is 0.507. The molecule has 114 valence electrons. The molecule has 0 heterocycles. The van der Waals surface area contributed by atoms with Crippen molar-refractivity contribution in [1.29, 1.82) is 0 Å². The van der Waals surface area contributed by atoms with Crippen molar-refractivity contribution >= 4 is 17.3 Å². The lowest BCUT2D eigenvalue weighted by atomic mass is 9.68. The van der Waals surface area contributed by atoms with Crippen molar-refractivity contribution in [2.45, 2.75) is 39.5 Å². The highest BCUT2D eigenvalue weighted by molar-refractivity contribution is 5.94. The number of nitrogens with one attached hydrogen (secondary N) is 1. The lowest BCUT2D eigenvalue weighted by molar-refractivity contribution is -0.384. The second-order valence-electron chi connectivity index (χ2n) is 6.23. The molecule has 6 nitrogen and oxygen atoms in total. The highest BCUT2D eigenvalue weighted by Crippen LogP contribution is 2.41. The molecule has 2 N–H and O–H groups in total. The van der Waals surface area contributed by atoms with Crippen molar-refractivity contribution in [1.82, 2.24) is 0 Å². The van der Waals surface area contributed by atoms with Gasteiger partial charge in [-0.3, -0.25) is 14.9 Å². The van der Waals surface area contributed by atoms with Crippen LogP contribution in [0.2, 0.25) is 0 Å². The van der Waals surface area contributed by atoms with E-state index in [4.69, 9.17) is 0 Å². The number of hydrogen-bond acceptors (Lipinski definition) is 4. The number of rotatable bonds is 3. The third-order valence-electron chi connectivity index (χ3n) is 4.27. The first-order valence-electron chi connectivity index (χ1n) is 7.09. The smallest absolute Gasteiger partial charge is 0.271 e. The Hall–Kier alpha value is -2.11. The third-order valence-corrected chi connectivity index (χ3v) is 4.27. The van der Waals surface area contributed by atoms with Gasteiger partial charge in [-0.2, -0.15) is 0 Å². The monoisotopic (exact) mass is 292 g/mol. The zero-order chi connectivity index (χ0) is 15.6. The third kappa shape index (κ3) is 3.32. The van der Waals surface area contributed by atoms with Gasteiger partial charge in [0.15, 0.2) is 0 Å². The minimum Gasteiger partial charge on any atom is -0.506 e. The minimum atomic E-state index is -0.556. The first-order valence-corrected chi connectivity index (χ1v) is 7.09. The molecule has 2 rings (SSSR count). The second-order valence-corrected chi connectivity index (χ2v) is 6.23. The maximum Gasteiger partial charge on any atom is 0.271 e. The SMILES string of the molecule is CC1(C)CCCCC1C(=O)Nc1cc([N+](=O)[O-])ccc1O. The fourth-order valence-electron chi connectivity index (χ4n) is 2.94. The minimum absolute atomic E-state index is 0.0931. The van der Waals surface area contributed by atoms with Gasteiger partial charge in [-0.15, -0.1) is 0 Å². The van der Waals surface area contributed by atoms with Gasteiger partial charge in [0.1, 0.15) is 5.75 Å². The van der Waals surface area contributed by atoms with E-state index in [1.807, 2.05) is 0 Å². The van der Waals surface area contributed by atoms with Crippen LogP contribution in [-0.2, 0) is 4.79 Å². The summed E-state index contributed by atoms with van der Waals surface area (Å²) in [5, 5.41) is 23.2. The maximum atomic E-state index is 12.4. The van der Waals surface area contributed by atoms with Crippen molar-refractivity contribution in [2.75, 3.05) is 5.32 Å². The first-order chi connectivity index (χ1) is 9.81. The van der Waals surface area contributed by atoms with Crippen LogP contribution in [0.3, 0.4) is 0 Å². The van der Waals surface area contributed by atoms with E-state index in [2.05, 4.69) is 19.2 Å². The van der Waals surface area contributed by atoms with E-state index < -0.39 is 4.92 Å². The largest absolute Gasteiger partial charge is 0.506 e. The highest BCUT2D eigenvalue weighted by atomic mass is 16.6. The molecule has 1 amide bonds. The van der Waals surface area contributed by atoms with E-state index in [-0.39, 0.29) is 34.4 Å². The Balaban J connectivity index is 2.19. The molecule has 1 unspecified atom stereocenters. The average Bonchev–Trinajstić information content (AvgIpc) is 2.40. The van der Waals surface area contributed by atoms with Gasteiger partial charge in [0.05, 0.1) is 10.6 Å². The van der Waals surface area contributed by atoms with Crippen molar-refractivity contribution in [3.8, 4) is 5.75 Å². The van der Waals surface area contributed by atoms with E-state index in [9.17, 15) is 20.0 Å². The number of phenols is 1. The molecule has 1 aromatic carbocycles. The molecule has 0 aliphatic heterocycles. The molecule has 1 saturated carbocycles. The number of carbonyl (C=O) groups excluding carboxylic acids is 1. The Morgan fingerprint density at radius 1 is 1.43 bits per heavy atom. The molecular formula is C15H20N2O4. The molecule has 1 atom stereocenters. The summed E-state index contributed by atoms with van der Waals surface area (Å²) in [6, 6.07) is 3.61. The number of nitrogens with zero attached hydrogens (tertiary/aromatic N) is 1. The topological polar surface area (TPSA) is 92.5 Å². The summed E-state index contributed by atoms with van der Waals surface area (Å²) in [5.41, 5.74) is -0.167. The Bertz CT molecular complexity index is 569. The fraction of sp³-hybridized carbons (Fsp3) is 0.533. The van der Waals surface area contributed by atoms with Crippen LogP contribution in [0.5, 0.6) is 5.75 Å². The molecule has 1 aliphatic carbocycles. The van der Waals surface area contributed by atoms with Gasteiger partial charge in [-0.1, -0.05) is 26.7 Å². The summed E-state index contributed by atoms with van der Waals surface area (Å²) in [6.07, 6.45) is 3.89. The number of non-ortho nitro benzene ring substituents is 1. The Kier molecular flexibility index (Phi) is 4.16. The molecule has 0 radical (unpaired) electrons. The number of amides is 1. The number of aromatic hydroxyl groups is 1. The lowest BCUT2D eigenvalue weighted by Gasteiger charge is -2.37. The summed E-state index contributed by atoms with van der Waals surface area (Å²) < 4.78 is 0. The van der Waals surface area contributed by atoms with Crippen LogP contribution in [0.15, 0.2) is 18.2 Å². The number of hydrogen-bond donors (Lipinski definition) is 2. The van der Waals surface area contributed by atoms with Crippen LogP contribution < -0.4 is 5.32 Å². The van der Waals surface area contributed by atoms with Crippen molar-refractivity contribution < 1.29 is 14.8 Å². The second kappa shape index (κ2) is 5.71. The fourth-order valence-corrected chi connectivity index (χ4v) is 2.94. The zero-order valence-corrected chi connectivity index (χ0v) is 12.3. The van der Waals surface area contributed by atoms with Gasteiger partial charge in [-0.25, -0.2) is 0 Å². The predicted molar refractivity (Wildman–Crippen MR) is 79.1 cm³/mol. The summed E-state index contributed by atoms with van der Waals surface area (Å²) in [5.74, 6) is -0.497. The average molecular weight is 292 g/mol. The molecule has 0 saturated heterocycles. The number of carbonyl (C=O) groups is 1. The molecule has 0 spiro atoms. The van der Waals surface area contributed by atoms with E-state index in [1.54, 1.807) is 0 Å². The maximum absolute atomic E-state index is 12.4. The van der Waals surface area contributed by atoms with Gasteiger partial charge >= 0.3 is 0 Å². The van der Waals surface area contributed by atoms with Gasteiger partial charge in [0.2, 0.25) is 5.91 Å². The first kappa shape index (κ1) is 15.3. The van der Waals surface area contributed by atoms with Crippen molar-refractivity contribution in [3.63, 3.8) is 0 Å². The zero-order valence-electron chi connectivity index (χ0n) is 12.3. The molecular weight excluding hydrogens is 272 g/mol.